The van der Waals surface area contributed by atoms with E-state index in [1.165, 1.54) is 0 Å². The minimum Gasteiger partial charge on any atom is -0.365 e. The molecule has 1 amide bonds. The molecule has 2 N–H and O–H groups in total. The highest BCUT2D eigenvalue weighted by Gasteiger charge is 2.15. The standard InChI is InChI=1S/C14H22BrN3O/c1-4-18(5-2)14(19)10-17(3)13-8-6-7-12(15)11(13)9-16/h6-8H,4-5,9-10,16H2,1-3H3. The Kier molecular flexibility index (Phi) is 6.31. The summed E-state index contributed by atoms with van der Waals surface area (Å²) in [5, 5.41) is 0. The molecule has 0 bridgehead atoms. The number of benzene rings is 1. The normalized spacial score (nSPS) is 10.4. The highest BCUT2D eigenvalue weighted by molar-refractivity contribution is 9.10. The zero-order valence-electron chi connectivity index (χ0n) is 11.8. The van der Waals surface area contributed by atoms with Crippen molar-refractivity contribution in [3.05, 3.63) is 28.2 Å². The number of hydrogen-bond acceptors (Lipinski definition) is 3. The number of carbonyl (C=O) groups is 1. The molecule has 5 heteroatoms. The van der Waals surface area contributed by atoms with Crippen molar-refractivity contribution in [2.24, 2.45) is 5.73 Å². The fraction of sp³-hybridized carbons (Fsp3) is 0.500. The van der Waals surface area contributed by atoms with E-state index in [0.29, 0.717) is 13.1 Å². The highest BCUT2D eigenvalue weighted by Crippen LogP contribution is 2.26. The van der Waals surface area contributed by atoms with Crippen molar-refractivity contribution in [3.8, 4) is 0 Å². The molecule has 0 atom stereocenters. The first-order valence-corrected chi connectivity index (χ1v) is 7.30. The van der Waals surface area contributed by atoms with Crippen LogP contribution in [0.15, 0.2) is 22.7 Å². The molecule has 1 rings (SSSR count). The summed E-state index contributed by atoms with van der Waals surface area (Å²) in [5.74, 6) is 0.135. The summed E-state index contributed by atoms with van der Waals surface area (Å²) in [6, 6.07) is 5.91. The third-order valence-electron chi connectivity index (χ3n) is 3.20. The summed E-state index contributed by atoms with van der Waals surface area (Å²) in [6.45, 7) is 6.28. The molecule has 0 heterocycles. The highest BCUT2D eigenvalue weighted by atomic mass is 79.9. The van der Waals surface area contributed by atoms with Gasteiger partial charge in [-0.1, -0.05) is 22.0 Å². The van der Waals surface area contributed by atoms with Gasteiger partial charge in [-0.05, 0) is 26.0 Å². The zero-order valence-corrected chi connectivity index (χ0v) is 13.4. The van der Waals surface area contributed by atoms with E-state index in [9.17, 15) is 4.79 Å². The molecule has 0 saturated heterocycles. The molecule has 0 unspecified atom stereocenters. The molecule has 1 aromatic carbocycles. The van der Waals surface area contributed by atoms with Crippen molar-refractivity contribution < 1.29 is 4.79 Å². The molecule has 4 nitrogen and oxygen atoms in total. The number of halogens is 1. The third kappa shape index (κ3) is 3.94. The van der Waals surface area contributed by atoms with Crippen LogP contribution < -0.4 is 10.6 Å². The summed E-state index contributed by atoms with van der Waals surface area (Å²) >= 11 is 3.50. The van der Waals surface area contributed by atoms with Gasteiger partial charge in [-0.3, -0.25) is 4.79 Å². The van der Waals surface area contributed by atoms with Crippen LogP contribution in [-0.4, -0.2) is 37.5 Å². The SMILES string of the molecule is CCN(CC)C(=O)CN(C)c1cccc(Br)c1CN. The van der Waals surface area contributed by atoms with Crippen molar-refractivity contribution in [3.63, 3.8) is 0 Å². The molecule has 0 fully saturated rings. The Labute approximate surface area is 123 Å². The zero-order chi connectivity index (χ0) is 14.4. The first-order valence-electron chi connectivity index (χ1n) is 6.51. The monoisotopic (exact) mass is 327 g/mol. The molecular formula is C14H22BrN3O. The van der Waals surface area contributed by atoms with Gasteiger partial charge in [-0.2, -0.15) is 0 Å². The molecule has 0 saturated carbocycles. The fourth-order valence-corrected chi connectivity index (χ4v) is 2.59. The van der Waals surface area contributed by atoms with Crippen molar-refractivity contribution in [1.29, 1.82) is 0 Å². The molecule has 1 aromatic rings. The number of hydrogen-bond donors (Lipinski definition) is 1. The minimum atomic E-state index is 0.135. The van der Waals surface area contributed by atoms with Gasteiger partial charge in [0.15, 0.2) is 0 Å². The van der Waals surface area contributed by atoms with Crippen LogP contribution in [0.2, 0.25) is 0 Å². The van der Waals surface area contributed by atoms with E-state index in [0.717, 1.165) is 28.8 Å². The maximum Gasteiger partial charge on any atom is 0.242 e. The van der Waals surface area contributed by atoms with E-state index in [1.54, 1.807) is 0 Å². The van der Waals surface area contributed by atoms with Gasteiger partial charge in [0.05, 0.1) is 6.54 Å². The second-order valence-electron chi connectivity index (χ2n) is 4.36. The Morgan fingerprint density at radius 1 is 1.32 bits per heavy atom. The Hall–Kier alpha value is -1.07. The lowest BCUT2D eigenvalue weighted by atomic mass is 10.1. The number of likely N-dealkylation sites (N-methyl/N-ethyl adjacent to an activating group) is 2. The second-order valence-corrected chi connectivity index (χ2v) is 5.22. The van der Waals surface area contributed by atoms with Gasteiger partial charge in [0, 0.05) is 42.4 Å². The first kappa shape index (κ1) is 16.0. The Bertz CT molecular complexity index is 433. The molecule has 0 radical (unpaired) electrons. The van der Waals surface area contributed by atoms with Crippen molar-refractivity contribution >= 4 is 27.5 Å². The number of rotatable bonds is 6. The number of nitrogens with zero attached hydrogens (tertiary/aromatic N) is 2. The minimum absolute atomic E-state index is 0.135. The van der Waals surface area contributed by atoms with Crippen LogP contribution in [0, 0.1) is 0 Å². The second kappa shape index (κ2) is 7.50. The summed E-state index contributed by atoms with van der Waals surface area (Å²) in [7, 11) is 1.92. The average Bonchev–Trinajstić information content (AvgIpc) is 2.39. The van der Waals surface area contributed by atoms with E-state index >= 15 is 0 Å². The number of nitrogens with two attached hydrogens (primary N) is 1. The van der Waals surface area contributed by atoms with Gasteiger partial charge in [0.25, 0.3) is 0 Å². The van der Waals surface area contributed by atoms with Gasteiger partial charge in [0.1, 0.15) is 0 Å². The van der Waals surface area contributed by atoms with E-state index < -0.39 is 0 Å². The largest absolute Gasteiger partial charge is 0.365 e. The summed E-state index contributed by atoms with van der Waals surface area (Å²) < 4.78 is 0.981. The molecule has 19 heavy (non-hydrogen) atoms. The molecule has 0 aromatic heterocycles. The van der Waals surface area contributed by atoms with Crippen LogP contribution in [0.3, 0.4) is 0 Å². The number of amides is 1. The summed E-state index contributed by atoms with van der Waals surface area (Å²) in [4.78, 5) is 15.9. The van der Waals surface area contributed by atoms with E-state index in [-0.39, 0.29) is 5.91 Å². The van der Waals surface area contributed by atoms with Gasteiger partial charge < -0.3 is 15.5 Å². The van der Waals surface area contributed by atoms with Crippen molar-refractivity contribution in [2.45, 2.75) is 20.4 Å². The van der Waals surface area contributed by atoms with Crippen LogP contribution in [0.5, 0.6) is 0 Å². The van der Waals surface area contributed by atoms with Gasteiger partial charge in [-0.15, -0.1) is 0 Å². The number of anilines is 1. The van der Waals surface area contributed by atoms with E-state index in [4.69, 9.17) is 5.73 Å². The predicted molar refractivity (Wildman–Crippen MR) is 83.2 cm³/mol. The average molecular weight is 328 g/mol. The van der Waals surface area contributed by atoms with Crippen LogP contribution in [-0.2, 0) is 11.3 Å². The number of carbonyl (C=O) groups excluding carboxylic acids is 1. The lowest BCUT2D eigenvalue weighted by molar-refractivity contribution is -0.129. The van der Waals surface area contributed by atoms with Gasteiger partial charge >= 0.3 is 0 Å². The van der Waals surface area contributed by atoms with Gasteiger partial charge in [-0.25, -0.2) is 0 Å². The van der Waals surface area contributed by atoms with Crippen LogP contribution in [0.25, 0.3) is 0 Å². The Balaban J connectivity index is 2.86. The lowest BCUT2D eigenvalue weighted by Crippen LogP contribution is -2.39. The maximum atomic E-state index is 12.1. The predicted octanol–water partition coefficient (Wildman–Crippen LogP) is 2.21. The van der Waals surface area contributed by atoms with Crippen LogP contribution >= 0.6 is 15.9 Å². The summed E-state index contributed by atoms with van der Waals surface area (Å²) in [5.41, 5.74) is 7.80. The Morgan fingerprint density at radius 2 is 1.95 bits per heavy atom. The summed E-state index contributed by atoms with van der Waals surface area (Å²) in [6.07, 6.45) is 0. The molecule has 0 aliphatic heterocycles. The lowest BCUT2D eigenvalue weighted by Gasteiger charge is -2.26. The smallest absolute Gasteiger partial charge is 0.242 e. The molecule has 0 aliphatic rings. The van der Waals surface area contributed by atoms with Crippen molar-refractivity contribution in [2.75, 3.05) is 31.6 Å². The van der Waals surface area contributed by atoms with Crippen LogP contribution in [0.1, 0.15) is 19.4 Å². The fourth-order valence-electron chi connectivity index (χ4n) is 2.07. The van der Waals surface area contributed by atoms with E-state index in [2.05, 4.69) is 15.9 Å². The van der Waals surface area contributed by atoms with Gasteiger partial charge in [0.2, 0.25) is 5.91 Å². The quantitative estimate of drug-likeness (QED) is 0.871. The van der Waals surface area contributed by atoms with Crippen molar-refractivity contribution in [1.82, 2.24) is 4.90 Å². The third-order valence-corrected chi connectivity index (χ3v) is 3.94. The first-order chi connectivity index (χ1) is 9.04. The van der Waals surface area contributed by atoms with Crippen LogP contribution in [0.4, 0.5) is 5.69 Å². The molecular weight excluding hydrogens is 306 g/mol. The topological polar surface area (TPSA) is 49.6 Å². The Morgan fingerprint density at radius 3 is 2.47 bits per heavy atom. The molecule has 0 spiro atoms. The molecule has 106 valence electrons. The van der Waals surface area contributed by atoms with E-state index in [1.807, 2.05) is 48.9 Å². The molecule has 0 aliphatic carbocycles. The maximum absolute atomic E-state index is 12.1.